The summed E-state index contributed by atoms with van der Waals surface area (Å²) in [6.07, 6.45) is 3.25. The molecule has 1 aromatic heterocycles. The van der Waals surface area contributed by atoms with E-state index in [9.17, 15) is 14.0 Å². The molecule has 0 aliphatic rings. The average Bonchev–Trinajstić information content (AvgIpc) is 3.19. The van der Waals surface area contributed by atoms with Crippen molar-refractivity contribution in [1.82, 2.24) is 9.55 Å². The lowest BCUT2D eigenvalue weighted by Gasteiger charge is -2.17. The Morgan fingerprint density at radius 2 is 1.96 bits per heavy atom. The van der Waals surface area contributed by atoms with Crippen molar-refractivity contribution in [2.24, 2.45) is 0 Å². The third-order valence-electron chi connectivity index (χ3n) is 3.89. The minimum absolute atomic E-state index is 0.0192. The molecule has 0 saturated carbocycles. The highest BCUT2D eigenvalue weighted by Gasteiger charge is 2.15. The maximum atomic E-state index is 13.4. The molecule has 1 heterocycles. The molecule has 0 radical (unpaired) electrons. The van der Waals surface area contributed by atoms with Crippen molar-refractivity contribution >= 4 is 29.3 Å². The molecule has 3 aromatic rings. The highest BCUT2D eigenvalue weighted by atomic mass is 32.2. The van der Waals surface area contributed by atoms with Crippen LogP contribution in [0, 0.1) is 5.82 Å². The summed E-state index contributed by atoms with van der Waals surface area (Å²) in [6.45, 7) is -0.344. The summed E-state index contributed by atoms with van der Waals surface area (Å²) < 4.78 is 20.2. The fourth-order valence-corrected chi connectivity index (χ4v) is 3.19. The number of hydrogen-bond acceptors (Lipinski definition) is 5. The van der Waals surface area contributed by atoms with Crippen LogP contribution in [0.4, 0.5) is 10.1 Å². The number of carbonyl (C=O) groups is 2. The van der Waals surface area contributed by atoms with Crippen molar-refractivity contribution in [3.05, 3.63) is 72.8 Å². The van der Waals surface area contributed by atoms with E-state index >= 15 is 0 Å². The van der Waals surface area contributed by atoms with Crippen LogP contribution in [-0.4, -0.2) is 40.8 Å². The first-order chi connectivity index (χ1) is 13.5. The maximum absolute atomic E-state index is 13.4. The number of thioether (sulfide) groups is 1. The predicted molar refractivity (Wildman–Crippen MR) is 105 cm³/mol. The van der Waals surface area contributed by atoms with Crippen molar-refractivity contribution in [2.45, 2.75) is 5.16 Å². The highest BCUT2D eigenvalue weighted by Crippen LogP contribution is 2.21. The minimum atomic E-state index is -0.534. The lowest BCUT2D eigenvalue weighted by Crippen LogP contribution is -2.31. The maximum Gasteiger partial charge on any atom is 0.316 e. The van der Waals surface area contributed by atoms with Crippen LogP contribution in [0.1, 0.15) is 0 Å². The first-order valence-electron chi connectivity index (χ1n) is 8.44. The molecule has 0 saturated heterocycles. The lowest BCUT2D eigenvalue weighted by molar-refractivity contribution is -0.145. The van der Waals surface area contributed by atoms with Gasteiger partial charge in [-0.1, -0.05) is 36.0 Å². The Morgan fingerprint density at radius 3 is 2.71 bits per heavy atom. The number of imidazole rings is 1. The van der Waals surface area contributed by atoms with Crippen LogP contribution >= 0.6 is 11.8 Å². The second-order valence-electron chi connectivity index (χ2n) is 5.80. The molecule has 1 amide bonds. The molecule has 0 unspecified atom stereocenters. The van der Waals surface area contributed by atoms with Crippen LogP contribution in [0.25, 0.3) is 5.69 Å². The number of ether oxygens (including phenoxy) is 1. The van der Waals surface area contributed by atoms with Crippen LogP contribution in [-0.2, 0) is 14.3 Å². The molecule has 0 spiro atoms. The van der Waals surface area contributed by atoms with Crippen molar-refractivity contribution in [3.8, 4) is 5.69 Å². The van der Waals surface area contributed by atoms with E-state index in [0.29, 0.717) is 10.8 Å². The zero-order chi connectivity index (χ0) is 19.9. The normalized spacial score (nSPS) is 10.5. The second-order valence-corrected chi connectivity index (χ2v) is 6.74. The minimum Gasteiger partial charge on any atom is -0.455 e. The Labute approximate surface area is 165 Å². The number of hydrogen-bond donors (Lipinski definition) is 0. The number of anilines is 1. The van der Waals surface area contributed by atoms with Gasteiger partial charge in [-0.15, -0.1) is 0 Å². The summed E-state index contributed by atoms with van der Waals surface area (Å²) in [5.74, 6) is -1.24. The van der Waals surface area contributed by atoms with Gasteiger partial charge < -0.3 is 9.64 Å². The molecule has 144 valence electrons. The van der Waals surface area contributed by atoms with E-state index in [4.69, 9.17) is 4.74 Å². The molecule has 6 nitrogen and oxygen atoms in total. The van der Waals surface area contributed by atoms with Gasteiger partial charge in [0.25, 0.3) is 5.91 Å². The number of rotatable bonds is 7. The largest absolute Gasteiger partial charge is 0.455 e. The van der Waals surface area contributed by atoms with Crippen LogP contribution in [0.15, 0.2) is 72.1 Å². The number of halogens is 1. The number of carbonyl (C=O) groups excluding carboxylic acids is 2. The summed E-state index contributed by atoms with van der Waals surface area (Å²) in [6, 6.07) is 15.2. The van der Waals surface area contributed by atoms with Gasteiger partial charge in [-0.05, 0) is 30.3 Å². The number of benzene rings is 2. The SMILES string of the molecule is CN(C(=O)COC(=O)CSc1nccn1-c1cccc(F)c1)c1ccccc1. The van der Waals surface area contributed by atoms with Gasteiger partial charge in [0.15, 0.2) is 11.8 Å². The zero-order valence-electron chi connectivity index (χ0n) is 15.1. The molecular formula is C20H18FN3O3S. The quantitative estimate of drug-likeness (QED) is 0.451. The van der Waals surface area contributed by atoms with Crippen LogP contribution in [0.3, 0.4) is 0 Å². The third-order valence-corrected chi connectivity index (χ3v) is 4.83. The molecule has 0 N–H and O–H groups in total. The van der Waals surface area contributed by atoms with Crippen molar-refractivity contribution in [3.63, 3.8) is 0 Å². The van der Waals surface area contributed by atoms with E-state index in [1.807, 2.05) is 18.2 Å². The first-order valence-corrected chi connectivity index (χ1v) is 9.42. The highest BCUT2D eigenvalue weighted by molar-refractivity contribution is 7.99. The summed E-state index contributed by atoms with van der Waals surface area (Å²) in [4.78, 5) is 29.7. The van der Waals surface area contributed by atoms with E-state index in [1.165, 1.54) is 17.0 Å². The Kier molecular flexibility index (Phi) is 6.44. The molecule has 0 aliphatic heterocycles. The van der Waals surface area contributed by atoms with E-state index in [1.54, 1.807) is 48.3 Å². The molecule has 0 bridgehead atoms. The van der Waals surface area contributed by atoms with E-state index in [2.05, 4.69) is 4.98 Å². The van der Waals surface area contributed by atoms with Crippen LogP contribution in [0.5, 0.6) is 0 Å². The first kappa shape index (κ1) is 19.6. The molecule has 8 heteroatoms. The Morgan fingerprint density at radius 1 is 1.18 bits per heavy atom. The molecule has 3 rings (SSSR count). The number of aromatic nitrogens is 2. The van der Waals surface area contributed by atoms with Gasteiger partial charge >= 0.3 is 5.97 Å². The summed E-state index contributed by atoms with van der Waals surface area (Å²) in [5, 5.41) is 0.523. The molecule has 2 aromatic carbocycles. The molecule has 28 heavy (non-hydrogen) atoms. The number of likely N-dealkylation sites (N-methyl/N-ethyl adjacent to an activating group) is 1. The summed E-state index contributed by atoms with van der Waals surface area (Å²) in [5.41, 5.74) is 1.32. The standard InChI is InChI=1S/C20H18FN3O3S/c1-23(16-7-3-2-4-8-16)18(25)13-27-19(26)14-28-20-22-10-11-24(20)17-9-5-6-15(21)12-17/h2-12H,13-14H2,1H3. The van der Waals surface area contributed by atoms with Crippen molar-refractivity contribution in [1.29, 1.82) is 0 Å². The predicted octanol–water partition coefficient (Wildman–Crippen LogP) is 3.31. The lowest BCUT2D eigenvalue weighted by atomic mass is 10.3. The van der Waals surface area contributed by atoms with Crippen molar-refractivity contribution < 1.29 is 18.7 Å². The van der Waals surface area contributed by atoms with Gasteiger partial charge in [0, 0.05) is 25.1 Å². The van der Waals surface area contributed by atoms with Crippen LogP contribution in [0.2, 0.25) is 0 Å². The number of amides is 1. The molecule has 0 fully saturated rings. The van der Waals surface area contributed by atoms with Gasteiger partial charge in [-0.3, -0.25) is 14.2 Å². The van der Waals surface area contributed by atoms with Gasteiger partial charge in [0.2, 0.25) is 0 Å². The topological polar surface area (TPSA) is 64.4 Å². The van der Waals surface area contributed by atoms with E-state index < -0.39 is 5.97 Å². The average molecular weight is 399 g/mol. The number of para-hydroxylation sites is 1. The Bertz CT molecular complexity index is 962. The van der Waals surface area contributed by atoms with Gasteiger partial charge in [-0.2, -0.15) is 0 Å². The number of nitrogens with zero attached hydrogens (tertiary/aromatic N) is 3. The second kappa shape index (κ2) is 9.18. The van der Waals surface area contributed by atoms with E-state index in [-0.39, 0.29) is 24.1 Å². The van der Waals surface area contributed by atoms with E-state index in [0.717, 1.165) is 17.4 Å². The Balaban J connectivity index is 1.52. The molecular weight excluding hydrogens is 381 g/mol. The van der Waals surface area contributed by atoms with Gasteiger partial charge in [0.05, 0.1) is 11.4 Å². The van der Waals surface area contributed by atoms with Gasteiger partial charge in [0.1, 0.15) is 5.82 Å². The summed E-state index contributed by atoms with van der Waals surface area (Å²) >= 11 is 1.15. The fourth-order valence-electron chi connectivity index (χ4n) is 2.42. The molecule has 0 aliphatic carbocycles. The molecule has 0 atom stereocenters. The Hall–Kier alpha value is -3.13. The number of esters is 1. The van der Waals surface area contributed by atoms with Crippen LogP contribution < -0.4 is 4.90 Å². The van der Waals surface area contributed by atoms with Gasteiger partial charge in [-0.25, -0.2) is 9.37 Å². The zero-order valence-corrected chi connectivity index (χ0v) is 15.9. The smallest absolute Gasteiger partial charge is 0.316 e. The fraction of sp³-hybridized carbons (Fsp3) is 0.150. The van der Waals surface area contributed by atoms with Crippen molar-refractivity contribution in [2.75, 3.05) is 24.3 Å². The third kappa shape index (κ3) is 4.98. The monoisotopic (exact) mass is 399 g/mol. The summed E-state index contributed by atoms with van der Waals surface area (Å²) in [7, 11) is 1.62.